The lowest BCUT2D eigenvalue weighted by molar-refractivity contribution is -0.143. The van der Waals surface area contributed by atoms with Crippen LogP contribution in [0.3, 0.4) is 0 Å². The Labute approximate surface area is 233 Å². The van der Waals surface area contributed by atoms with Crippen molar-refractivity contribution in [3.63, 3.8) is 0 Å². The number of para-hydroxylation sites is 1. The molecule has 0 aliphatic carbocycles. The molecule has 1 spiro atoms. The highest BCUT2D eigenvalue weighted by molar-refractivity contribution is 7.89. The van der Waals surface area contributed by atoms with Crippen molar-refractivity contribution in [1.82, 2.24) is 14.1 Å². The number of ketones is 1. The van der Waals surface area contributed by atoms with Gasteiger partial charge in [0.05, 0.1) is 29.4 Å². The quantitative estimate of drug-likeness (QED) is 0.300. The van der Waals surface area contributed by atoms with Gasteiger partial charge in [-0.2, -0.15) is 4.31 Å². The van der Waals surface area contributed by atoms with Crippen molar-refractivity contribution in [3.8, 4) is 0 Å². The maximum absolute atomic E-state index is 14.2. The number of amides is 2. The number of likely N-dealkylation sites (tertiary alicyclic amines) is 1. The Morgan fingerprint density at radius 3 is 2.42 bits per heavy atom. The minimum atomic E-state index is -3.92. The summed E-state index contributed by atoms with van der Waals surface area (Å²) < 4.78 is 33.2. The summed E-state index contributed by atoms with van der Waals surface area (Å²) in [5.74, 6) is -3.03. The number of aliphatic hydroxyl groups excluding tert-OH is 1. The van der Waals surface area contributed by atoms with Crippen LogP contribution in [0.1, 0.15) is 18.1 Å². The smallest absolute Gasteiger partial charge is 0.296 e. The van der Waals surface area contributed by atoms with Crippen molar-refractivity contribution in [3.05, 3.63) is 65.2 Å². The number of hydrogen-bond donors (Lipinski definition) is 1. The fraction of sp³-hybridized carbons (Fsp3) is 0.393. The van der Waals surface area contributed by atoms with Gasteiger partial charge in [0, 0.05) is 43.9 Å². The van der Waals surface area contributed by atoms with E-state index in [4.69, 9.17) is 4.74 Å². The molecule has 0 aromatic heterocycles. The summed E-state index contributed by atoms with van der Waals surface area (Å²) in [7, 11) is -0.294. The summed E-state index contributed by atoms with van der Waals surface area (Å²) in [5, 5.41) is 11.7. The molecule has 0 radical (unpaired) electrons. The molecule has 0 bridgehead atoms. The van der Waals surface area contributed by atoms with Crippen LogP contribution in [0, 0.1) is 0 Å². The minimum Gasteiger partial charge on any atom is -0.507 e. The lowest BCUT2D eigenvalue weighted by Gasteiger charge is -2.35. The fourth-order valence-electron chi connectivity index (χ4n) is 5.66. The van der Waals surface area contributed by atoms with Gasteiger partial charge in [-0.1, -0.05) is 30.3 Å². The Morgan fingerprint density at radius 1 is 1.05 bits per heavy atom. The van der Waals surface area contributed by atoms with Gasteiger partial charge in [0.2, 0.25) is 10.0 Å². The summed E-state index contributed by atoms with van der Waals surface area (Å²) in [6.07, 6.45) is 0. The molecule has 2 amide bonds. The van der Waals surface area contributed by atoms with Crippen molar-refractivity contribution >= 4 is 39.1 Å². The number of rotatable bonds is 7. The first kappa shape index (κ1) is 28.0. The molecule has 2 aromatic rings. The molecule has 1 atom stereocenters. The second-order valence-corrected chi connectivity index (χ2v) is 12.1. The van der Waals surface area contributed by atoms with Crippen molar-refractivity contribution in [2.75, 3.05) is 64.9 Å². The van der Waals surface area contributed by atoms with E-state index in [1.807, 2.05) is 19.0 Å². The number of carbonyl (C=O) groups is 3. The third kappa shape index (κ3) is 4.14. The Kier molecular flexibility index (Phi) is 7.29. The first-order valence-electron chi connectivity index (χ1n) is 13.1. The van der Waals surface area contributed by atoms with Gasteiger partial charge in [-0.3, -0.25) is 14.4 Å². The molecule has 2 saturated heterocycles. The molecular formula is C28H32N4O7S. The van der Waals surface area contributed by atoms with Crippen LogP contribution in [-0.2, 0) is 34.7 Å². The number of fused-ring (bicyclic) bond motifs is 2. The molecule has 3 aliphatic rings. The maximum atomic E-state index is 14.2. The molecule has 1 N–H and O–H groups in total. The topological polar surface area (TPSA) is 128 Å². The largest absolute Gasteiger partial charge is 0.507 e. The van der Waals surface area contributed by atoms with Crippen LogP contribution >= 0.6 is 0 Å². The molecule has 212 valence electrons. The minimum absolute atomic E-state index is 0.0135. The zero-order valence-corrected chi connectivity index (χ0v) is 23.5. The number of carbonyl (C=O) groups excluding carboxylic acids is 3. The van der Waals surface area contributed by atoms with Gasteiger partial charge >= 0.3 is 0 Å². The van der Waals surface area contributed by atoms with Crippen molar-refractivity contribution in [1.29, 1.82) is 0 Å². The van der Waals surface area contributed by atoms with E-state index < -0.39 is 38.9 Å². The lowest BCUT2D eigenvalue weighted by Crippen LogP contribution is -2.53. The molecule has 3 heterocycles. The van der Waals surface area contributed by atoms with E-state index in [2.05, 4.69) is 0 Å². The average molecular weight is 569 g/mol. The number of anilines is 1. The van der Waals surface area contributed by atoms with Crippen LogP contribution in [0.15, 0.2) is 59.0 Å². The highest BCUT2D eigenvalue weighted by Crippen LogP contribution is 2.53. The Morgan fingerprint density at radius 2 is 1.75 bits per heavy atom. The van der Waals surface area contributed by atoms with E-state index in [0.717, 1.165) is 0 Å². The molecule has 12 heteroatoms. The third-order valence-electron chi connectivity index (χ3n) is 7.61. The van der Waals surface area contributed by atoms with Gasteiger partial charge in [0.25, 0.3) is 17.6 Å². The molecule has 2 aromatic carbocycles. The van der Waals surface area contributed by atoms with Crippen LogP contribution in [0.2, 0.25) is 0 Å². The molecule has 5 rings (SSSR count). The monoisotopic (exact) mass is 568 g/mol. The Bertz CT molecular complexity index is 1510. The number of aliphatic hydroxyl groups is 1. The van der Waals surface area contributed by atoms with Gasteiger partial charge in [0.15, 0.2) is 5.54 Å². The molecular weight excluding hydrogens is 536 g/mol. The zero-order chi connectivity index (χ0) is 28.8. The second-order valence-electron chi connectivity index (χ2n) is 10.1. The van der Waals surface area contributed by atoms with Crippen LogP contribution in [0.4, 0.5) is 5.69 Å². The number of ether oxygens (including phenoxy) is 1. The SMILES string of the molecule is CCN1C(=O)C2(/C(=C(/O)c3cccc(S(=O)(=O)N4CCOCC4)c3)C(=O)C(=O)N2CCN(C)C)c2ccccc21. The zero-order valence-electron chi connectivity index (χ0n) is 22.7. The Hall–Kier alpha value is -3.58. The first-order chi connectivity index (χ1) is 19.1. The van der Waals surface area contributed by atoms with Crippen LogP contribution in [0.5, 0.6) is 0 Å². The number of nitrogens with zero attached hydrogens (tertiary/aromatic N) is 4. The van der Waals surface area contributed by atoms with Gasteiger partial charge in [-0.05, 0) is 39.2 Å². The van der Waals surface area contributed by atoms with Crippen LogP contribution in [-0.4, -0.2) is 105 Å². The normalized spacial score (nSPS) is 23.1. The predicted molar refractivity (Wildman–Crippen MR) is 147 cm³/mol. The first-order valence-corrected chi connectivity index (χ1v) is 14.5. The summed E-state index contributed by atoms with van der Waals surface area (Å²) in [5.41, 5.74) is -1.29. The van der Waals surface area contributed by atoms with Gasteiger partial charge in [0.1, 0.15) is 5.76 Å². The van der Waals surface area contributed by atoms with Crippen molar-refractivity contribution in [2.24, 2.45) is 0 Å². The van der Waals surface area contributed by atoms with E-state index in [1.54, 1.807) is 31.2 Å². The number of Topliss-reactive ketones (excluding diaryl/α,β-unsaturated/α-hetero) is 1. The molecule has 11 nitrogen and oxygen atoms in total. The van der Waals surface area contributed by atoms with E-state index in [1.165, 1.54) is 38.4 Å². The lowest BCUT2D eigenvalue weighted by atomic mass is 9.82. The molecule has 1 unspecified atom stereocenters. The maximum Gasteiger partial charge on any atom is 0.296 e. The molecule has 40 heavy (non-hydrogen) atoms. The van der Waals surface area contributed by atoms with E-state index in [-0.39, 0.29) is 55.4 Å². The highest BCUT2D eigenvalue weighted by Gasteiger charge is 2.66. The van der Waals surface area contributed by atoms with Gasteiger partial charge in [-0.15, -0.1) is 0 Å². The number of sulfonamides is 1. The number of morpholine rings is 1. The number of hydrogen-bond acceptors (Lipinski definition) is 8. The van der Waals surface area contributed by atoms with E-state index in [0.29, 0.717) is 17.8 Å². The molecule has 2 fully saturated rings. The fourth-order valence-corrected chi connectivity index (χ4v) is 7.12. The summed E-state index contributed by atoms with van der Waals surface area (Å²) >= 11 is 0. The van der Waals surface area contributed by atoms with Crippen LogP contribution in [0.25, 0.3) is 5.76 Å². The van der Waals surface area contributed by atoms with Gasteiger partial charge < -0.3 is 24.5 Å². The van der Waals surface area contributed by atoms with Gasteiger partial charge in [-0.25, -0.2) is 8.42 Å². The Balaban J connectivity index is 1.72. The molecule has 3 aliphatic heterocycles. The third-order valence-corrected chi connectivity index (χ3v) is 9.51. The van der Waals surface area contributed by atoms with Crippen molar-refractivity contribution < 1.29 is 32.6 Å². The average Bonchev–Trinajstić information content (AvgIpc) is 3.34. The number of likely N-dealkylation sites (N-methyl/N-ethyl adjacent to an activating group) is 2. The van der Waals surface area contributed by atoms with Crippen LogP contribution < -0.4 is 4.90 Å². The summed E-state index contributed by atoms with van der Waals surface area (Å²) in [6.45, 7) is 3.41. The summed E-state index contributed by atoms with van der Waals surface area (Å²) in [6, 6.07) is 12.5. The number of benzene rings is 2. The van der Waals surface area contributed by atoms with E-state index >= 15 is 0 Å². The standard InChI is InChI=1S/C28H32N4O7S/c1-4-31-22-11-6-5-10-21(22)28(27(31)36)23(25(34)26(35)32(28)13-12-29(2)3)24(33)19-8-7-9-20(18-19)40(37,38)30-14-16-39-17-15-30/h5-11,18,33H,4,12-17H2,1-3H3/b24-23+. The predicted octanol–water partition coefficient (Wildman–Crippen LogP) is 1.21. The van der Waals surface area contributed by atoms with Crippen molar-refractivity contribution in [2.45, 2.75) is 17.4 Å². The van der Waals surface area contributed by atoms with E-state index in [9.17, 15) is 27.9 Å². The second kappa shape index (κ2) is 10.4. The summed E-state index contributed by atoms with van der Waals surface area (Å²) in [4.78, 5) is 46.0. The highest BCUT2D eigenvalue weighted by atomic mass is 32.2. The molecule has 0 saturated carbocycles.